The number of hydrogen-bond donors (Lipinski definition) is 1. The van der Waals surface area contributed by atoms with Crippen LogP contribution >= 0.6 is 0 Å². The third kappa shape index (κ3) is 8.03. The van der Waals surface area contributed by atoms with E-state index >= 15 is 0 Å². The molecule has 3 aromatic carbocycles. The molecule has 226 valence electrons. The van der Waals surface area contributed by atoms with Gasteiger partial charge in [0, 0.05) is 62.9 Å². The number of rotatable bonds is 15. The molecule has 0 spiro atoms. The van der Waals surface area contributed by atoms with Crippen molar-refractivity contribution in [1.82, 2.24) is 10.2 Å². The van der Waals surface area contributed by atoms with Crippen molar-refractivity contribution in [1.29, 1.82) is 0 Å². The van der Waals surface area contributed by atoms with Crippen molar-refractivity contribution in [3.63, 3.8) is 0 Å². The van der Waals surface area contributed by atoms with Gasteiger partial charge in [-0.1, -0.05) is 36.4 Å². The van der Waals surface area contributed by atoms with E-state index in [9.17, 15) is 4.79 Å². The SMILES string of the molecule is COCCCOc1cc(C(=O)N(C[C@@H]2CNC[C@@H]2OCc2cccc(-c3ccccc3OC)c2)C(C)C)ccc1OC. The summed E-state index contributed by atoms with van der Waals surface area (Å²) in [5, 5.41) is 3.47. The summed E-state index contributed by atoms with van der Waals surface area (Å²) in [5.74, 6) is 2.13. The molecule has 1 N–H and O–H groups in total. The van der Waals surface area contributed by atoms with Crippen LogP contribution in [0.4, 0.5) is 0 Å². The van der Waals surface area contributed by atoms with Gasteiger partial charge >= 0.3 is 0 Å². The van der Waals surface area contributed by atoms with Gasteiger partial charge in [0.1, 0.15) is 5.75 Å². The van der Waals surface area contributed by atoms with E-state index in [0.717, 1.165) is 42.0 Å². The molecule has 1 saturated heterocycles. The Labute approximate surface area is 249 Å². The fourth-order valence-electron chi connectivity index (χ4n) is 5.26. The zero-order valence-electron chi connectivity index (χ0n) is 25.4. The number of para-hydroxylation sites is 1. The monoisotopic (exact) mass is 576 g/mol. The summed E-state index contributed by atoms with van der Waals surface area (Å²) in [5.41, 5.74) is 3.81. The third-order valence-electron chi connectivity index (χ3n) is 7.56. The normalized spacial score (nSPS) is 16.4. The molecular formula is C34H44N2O6. The zero-order chi connectivity index (χ0) is 29.9. The molecule has 0 bridgehead atoms. The van der Waals surface area contributed by atoms with E-state index in [0.29, 0.717) is 43.4 Å². The van der Waals surface area contributed by atoms with Crippen LogP contribution in [-0.4, -0.2) is 77.1 Å². The summed E-state index contributed by atoms with van der Waals surface area (Å²) in [6, 6.07) is 21.8. The summed E-state index contributed by atoms with van der Waals surface area (Å²) in [6.45, 7) is 7.79. The maximum absolute atomic E-state index is 13.8. The highest BCUT2D eigenvalue weighted by Gasteiger charge is 2.32. The molecule has 0 aromatic heterocycles. The van der Waals surface area contributed by atoms with Crippen LogP contribution < -0.4 is 19.5 Å². The van der Waals surface area contributed by atoms with Crippen molar-refractivity contribution in [3.05, 3.63) is 77.9 Å². The summed E-state index contributed by atoms with van der Waals surface area (Å²) in [4.78, 5) is 15.7. The second-order valence-corrected chi connectivity index (χ2v) is 10.8. The van der Waals surface area contributed by atoms with E-state index < -0.39 is 0 Å². The van der Waals surface area contributed by atoms with Crippen molar-refractivity contribution in [2.75, 3.05) is 54.2 Å². The minimum absolute atomic E-state index is 0.00971. The predicted molar refractivity (Wildman–Crippen MR) is 165 cm³/mol. The number of hydrogen-bond acceptors (Lipinski definition) is 7. The number of benzene rings is 3. The Kier molecular flexibility index (Phi) is 11.6. The van der Waals surface area contributed by atoms with Gasteiger partial charge < -0.3 is 33.9 Å². The molecule has 1 aliphatic rings. The number of nitrogens with one attached hydrogen (secondary N) is 1. The zero-order valence-corrected chi connectivity index (χ0v) is 25.4. The molecule has 1 fully saturated rings. The Morgan fingerprint density at radius 3 is 2.48 bits per heavy atom. The van der Waals surface area contributed by atoms with Gasteiger partial charge in [-0.3, -0.25) is 4.79 Å². The van der Waals surface area contributed by atoms with E-state index in [4.69, 9.17) is 23.7 Å². The number of nitrogens with zero attached hydrogens (tertiary/aromatic N) is 1. The molecule has 1 amide bonds. The minimum atomic E-state index is -0.0374. The quantitative estimate of drug-likeness (QED) is 0.241. The van der Waals surface area contributed by atoms with Crippen LogP contribution in [-0.2, 0) is 16.1 Å². The highest BCUT2D eigenvalue weighted by atomic mass is 16.5. The van der Waals surface area contributed by atoms with Gasteiger partial charge in [-0.2, -0.15) is 0 Å². The van der Waals surface area contributed by atoms with Crippen LogP contribution in [0.2, 0.25) is 0 Å². The van der Waals surface area contributed by atoms with Gasteiger partial charge in [0.2, 0.25) is 0 Å². The largest absolute Gasteiger partial charge is 0.496 e. The van der Waals surface area contributed by atoms with E-state index in [2.05, 4.69) is 35.6 Å². The Balaban J connectivity index is 1.42. The van der Waals surface area contributed by atoms with Crippen LogP contribution in [0, 0.1) is 5.92 Å². The molecule has 8 heteroatoms. The number of methoxy groups -OCH3 is 3. The molecule has 0 radical (unpaired) electrons. The Bertz CT molecular complexity index is 1300. The van der Waals surface area contributed by atoms with Crippen LogP contribution in [0.25, 0.3) is 11.1 Å². The summed E-state index contributed by atoms with van der Waals surface area (Å²) >= 11 is 0. The molecule has 4 rings (SSSR count). The highest BCUT2D eigenvalue weighted by Crippen LogP contribution is 2.31. The Morgan fingerprint density at radius 1 is 0.905 bits per heavy atom. The van der Waals surface area contributed by atoms with E-state index in [1.807, 2.05) is 36.9 Å². The fourth-order valence-corrected chi connectivity index (χ4v) is 5.26. The first kappa shape index (κ1) is 31.3. The van der Waals surface area contributed by atoms with Crippen molar-refractivity contribution < 1.29 is 28.5 Å². The van der Waals surface area contributed by atoms with Crippen LogP contribution in [0.3, 0.4) is 0 Å². The van der Waals surface area contributed by atoms with Crippen LogP contribution in [0.15, 0.2) is 66.7 Å². The molecule has 2 atom stereocenters. The van der Waals surface area contributed by atoms with Gasteiger partial charge in [0.25, 0.3) is 5.91 Å². The summed E-state index contributed by atoms with van der Waals surface area (Å²) < 4.78 is 28.5. The van der Waals surface area contributed by atoms with Crippen LogP contribution in [0.1, 0.15) is 36.2 Å². The van der Waals surface area contributed by atoms with E-state index in [-0.39, 0.29) is 24.0 Å². The predicted octanol–water partition coefficient (Wildman–Crippen LogP) is 5.44. The molecule has 1 aliphatic heterocycles. The van der Waals surface area contributed by atoms with Crippen LogP contribution in [0.5, 0.6) is 17.2 Å². The Morgan fingerprint density at radius 2 is 1.71 bits per heavy atom. The number of ether oxygens (including phenoxy) is 5. The van der Waals surface area contributed by atoms with Crippen molar-refractivity contribution in [2.24, 2.45) is 5.92 Å². The van der Waals surface area contributed by atoms with Gasteiger partial charge in [0.05, 0.1) is 33.5 Å². The molecular weight excluding hydrogens is 532 g/mol. The average molecular weight is 577 g/mol. The van der Waals surface area contributed by atoms with Gasteiger partial charge in [-0.15, -0.1) is 0 Å². The molecule has 3 aromatic rings. The van der Waals surface area contributed by atoms with Gasteiger partial charge in [-0.05, 0) is 55.3 Å². The second-order valence-electron chi connectivity index (χ2n) is 10.8. The lowest BCUT2D eigenvalue weighted by atomic mass is 10.0. The number of carbonyl (C=O) groups excluding carboxylic acids is 1. The first-order chi connectivity index (χ1) is 20.4. The topological polar surface area (TPSA) is 78.5 Å². The Hall–Kier alpha value is -3.59. The molecule has 1 heterocycles. The molecule has 8 nitrogen and oxygen atoms in total. The molecule has 42 heavy (non-hydrogen) atoms. The highest BCUT2D eigenvalue weighted by molar-refractivity contribution is 5.95. The standard InChI is InChI=1S/C34H44N2O6/c1-24(2)36(34(37)27-14-15-31(40-5)32(19-27)41-17-9-16-38-3)22-28-20-35-21-33(28)42-23-25-10-8-11-26(18-25)29-12-6-7-13-30(29)39-4/h6-8,10-15,18-19,24,28,33,35H,9,16-17,20-23H2,1-5H3/t28-,33-/m0/s1. The van der Waals surface area contributed by atoms with Crippen molar-refractivity contribution >= 4 is 5.91 Å². The lowest BCUT2D eigenvalue weighted by Gasteiger charge is -2.31. The molecule has 0 unspecified atom stereocenters. The van der Waals surface area contributed by atoms with E-state index in [1.54, 1.807) is 39.5 Å². The van der Waals surface area contributed by atoms with Crippen molar-refractivity contribution in [2.45, 2.75) is 39.0 Å². The first-order valence-electron chi connectivity index (χ1n) is 14.6. The first-order valence-corrected chi connectivity index (χ1v) is 14.6. The van der Waals surface area contributed by atoms with Gasteiger partial charge in [-0.25, -0.2) is 0 Å². The maximum Gasteiger partial charge on any atom is 0.254 e. The number of amides is 1. The lowest BCUT2D eigenvalue weighted by Crippen LogP contribution is -2.43. The molecule has 0 saturated carbocycles. The smallest absolute Gasteiger partial charge is 0.254 e. The minimum Gasteiger partial charge on any atom is -0.496 e. The van der Waals surface area contributed by atoms with Crippen molar-refractivity contribution in [3.8, 4) is 28.4 Å². The third-order valence-corrected chi connectivity index (χ3v) is 7.56. The maximum atomic E-state index is 13.8. The number of carbonyl (C=O) groups is 1. The fraction of sp³-hybridized carbons (Fsp3) is 0.441. The second kappa shape index (κ2) is 15.6. The summed E-state index contributed by atoms with van der Waals surface area (Å²) in [6.07, 6.45) is 0.737. The van der Waals surface area contributed by atoms with Gasteiger partial charge in [0.15, 0.2) is 11.5 Å². The summed E-state index contributed by atoms with van der Waals surface area (Å²) in [7, 11) is 4.95. The average Bonchev–Trinajstić information content (AvgIpc) is 3.47. The lowest BCUT2D eigenvalue weighted by molar-refractivity contribution is 0.0129. The molecule has 0 aliphatic carbocycles. The van der Waals surface area contributed by atoms with E-state index in [1.165, 1.54) is 0 Å².